The Kier molecular flexibility index (Phi) is 7.29. The van der Waals surface area contributed by atoms with Gasteiger partial charge in [-0.05, 0) is 37.8 Å². The molecule has 0 radical (unpaired) electrons. The quantitative estimate of drug-likeness (QED) is 0.349. The smallest absolute Gasteiger partial charge is 0.405 e. The van der Waals surface area contributed by atoms with E-state index in [2.05, 4.69) is 26.1 Å². The molecule has 11 heteroatoms. The van der Waals surface area contributed by atoms with Crippen LogP contribution in [-0.4, -0.2) is 62.9 Å². The van der Waals surface area contributed by atoms with Gasteiger partial charge in [0.1, 0.15) is 17.6 Å². The summed E-state index contributed by atoms with van der Waals surface area (Å²) in [5, 5.41) is 25.7. The van der Waals surface area contributed by atoms with Gasteiger partial charge in [-0.25, -0.2) is 9.78 Å². The van der Waals surface area contributed by atoms with Crippen LogP contribution in [0.3, 0.4) is 0 Å². The van der Waals surface area contributed by atoms with Gasteiger partial charge in [-0.1, -0.05) is 13.8 Å². The molecule has 1 aromatic carbocycles. The number of anilines is 1. The summed E-state index contributed by atoms with van der Waals surface area (Å²) >= 11 is 0. The van der Waals surface area contributed by atoms with Crippen LogP contribution in [0.25, 0.3) is 16.7 Å². The first-order valence-electron chi connectivity index (χ1n) is 10.5. The molecule has 0 fully saturated rings. The predicted octanol–water partition coefficient (Wildman–Crippen LogP) is 2.20. The van der Waals surface area contributed by atoms with Crippen LogP contribution < -0.4 is 20.7 Å². The summed E-state index contributed by atoms with van der Waals surface area (Å²) in [5.74, 6) is 1.65. The highest BCUT2D eigenvalue weighted by molar-refractivity contribution is 5.85. The molecular weight excluding hydrogens is 414 g/mol. The zero-order valence-corrected chi connectivity index (χ0v) is 18.7. The van der Waals surface area contributed by atoms with Gasteiger partial charge in [0, 0.05) is 19.2 Å². The Bertz CT molecular complexity index is 1110. The molecule has 0 bridgehead atoms. The number of carbonyl (C=O) groups is 2. The van der Waals surface area contributed by atoms with E-state index in [0.717, 1.165) is 29.7 Å². The second kappa shape index (κ2) is 10.1. The second-order valence-electron chi connectivity index (χ2n) is 7.82. The number of methoxy groups -OCH3 is 1. The molecule has 3 aromatic rings. The fraction of sp³-hybridized carbons (Fsp3) is 0.476. The van der Waals surface area contributed by atoms with Crippen molar-refractivity contribution >= 4 is 34.5 Å². The second-order valence-corrected chi connectivity index (χ2v) is 7.82. The summed E-state index contributed by atoms with van der Waals surface area (Å²) < 4.78 is 7.26. The summed E-state index contributed by atoms with van der Waals surface area (Å²) in [4.78, 5) is 27.8. The number of hydrogen-bond donors (Lipinski definition) is 4. The normalized spacial score (nSPS) is 12.2. The SMILES string of the molecule is COc1ccc2c(c1)nc(NCCCCNC(=O)C(NC(=O)O)C(C)C)c1nnc(C)n12. The van der Waals surface area contributed by atoms with Crippen LogP contribution in [0, 0.1) is 12.8 Å². The van der Waals surface area contributed by atoms with E-state index in [1.54, 1.807) is 21.0 Å². The zero-order chi connectivity index (χ0) is 23.3. The van der Waals surface area contributed by atoms with E-state index in [9.17, 15) is 9.59 Å². The van der Waals surface area contributed by atoms with Gasteiger partial charge in [0.05, 0.1) is 18.1 Å². The molecule has 1 unspecified atom stereocenters. The molecule has 2 heterocycles. The Morgan fingerprint density at radius 2 is 1.94 bits per heavy atom. The maximum absolute atomic E-state index is 12.2. The van der Waals surface area contributed by atoms with Crippen LogP contribution in [0.2, 0.25) is 0 Å². The Balaban J connectivity index is 1.58. The minimum Gasteiger partial charge on any atom is -0.497 e. The lowest BCUT2D eigenvalue weighted by molar-refractivity contribution is -0.124. The number of nitrogens with zero attached hydrogens (tertiary/aromatic N) is 4. The number of ether oxygens (including phenoxy) is 1. The van der Waals surface area contributed by atoms with Crippen LogP contribution in [0.1, 0.15) is 32.5 Å². The van der Waals surface area contributed by atoms with Crippen molar-refractivity contribution in [2.75, 3.05) is 25.5 Å². The largest absolute Gasteiger partial charge is 0.497 e. The summed E-state index contributed by atoms with van der Waals surface area (Å²) in [7, 11) is 1.61. The molecule has 172 valence electrons. The van der Waals surface area contributed by atoms with Crippen molar-refractivity contribution < 1.29 is 19.4 Å². The molecule has 4 N–H and O–H groups in total. The average molecular weight is 444 g/mol. The summed E-state index contributed by atoms with van der Waals surface area (Å²) in [6.07, 6.45) is 0.287. The van der Waals surface area contributed by atoms with Crippen LogP contribution in [0.5, 0.6) is 5.75 Å². The molecule has 1 atom stereocenters. The minimum atomic E-state index is -1.21. The number of unbranched alkanes of at least 4 members (excludes halogenated alkanes) is 1. The van der Waals surface area contributed by atoms with E-state index in [4.69, 9.17) is 14.8 Å². The fourth-order valence-corrected chi connectivity index (χ4v) is 3.45. The number of nitrogens with one attached hydrogen (secondary N) is 3. The van der Waals surface area contributed by atoms with Gasteiger partial charge in [0.2, 0.25) is 11.6 Å². The molecule has 0 saturated carbocycles. The van der Waals surface area contributed by atoms with Gasteiger partial charge < -0.3 is 25.8 Å². The fourth-order valence-electron chi connectivity index (χ4n) is 3.45. The maximum atomic E-state index is 12.2. The number of hydrogen-bond acceptors (Lipinski definition) is 7. The molecule has 0 saturated heterocycles. The van der Waals surface area contributed by atoms with Gasteiger partial charge in [-0.3, -0.25) is 9.20 Å². The Labute approximate surface area is 185 Å². The third-order valence-electron chi connectivity index (χ3n) is 5.12. The molecule has 0 aliphatic rings. The van der Waals surface area contributed by atoms with Gasteiger partial charge in [0.25, 0.3) is 0 Å². The average Bonchev–Trinajstić information content (AvgIpc) is 3.15. The first-order valence-corrected chi connectivity index (χ1v) is 10.5. The van der Waals surface area contributed by atoms with Crippen molar-refractivity contribution in [2.45, 2.75) is 39.7 Å². The molecule has 0 aliphatic heterocycles. The topological polar surface area (TPSA) is 143 Å². The molecule has 3 rings (SSSR count). The highest BCUT2D eigenvalue weighted by Gasteiger charge is 2.23. The maximum Gasteiger partial charge on any atom is 0.405 e. The Morgan fingerprint density at radius 3 is 2.62 bits per heavy atom. The predicted molar refractivity (Wildman–Crippen MR) is 120 cm³/mol. The van der Waals surface area contributed by atoms with Crippen molar-refractivity contribution in [2.24, 2.45) is 5.92 Å². The summed E-state index contributed by atoms with van der Waals surface area (Å²) in [5.41, 5.74) is 2.31. The van der Waals surface area contributed by atoms with Gasteiger partial charge in [0.15, 0.2) is 5.82 Å². The molecular formula is C21H29N7O4. The van der Waals surface area contributed by atoms with E-state index in [1.807, 2.05) is 29.5 Å². The van der Waals surface area contributed by atoms with Crippen LogP contribution >= 0.6 is 0 Å². The molecule has 0 aliphatic carbocycles. The first-order chi connectivity index (χ1) is 15.3. The Morgan fingerprint density at radius 1 is 1.19 bits per heavy atom. The number of fused-ring (bicyclic) bond motifs is 3. The van der Waals surface area contributed by atoms with Crippen molar-refractivity contribution in [1.29, 1.82) is 0 Å². The summed E-state index contributed by atoms with van der Waals surface area (Å²) in [6, 6.07) is 4.90. The van der Waals surface area contributed by atoms with E-state index >= 15 is 0 Å². The minimum absolute atomic E-state index is 0.139. The van der Waals surface area contributed by atoms with Crippen molar-refractivity contribution in [3.8, 4) is 5.75 Å². The van der Waals surface area contributed by atoms with Gasteiger partial charge in [-0.2, -0.15) is 0 Å². The number of aromatic nitrogens is 4. The van der Waals surface area contributed by atoms with E-state index in [1.165, 1.54) is 0 Å². The highest BCUT2D eigenvalue weighted by Crippen LogP contribution is 2.25. The van der Waals surface area contributed by atoms with Crippen LogP contribution in [-0.2, 0) is 4.79 Å². The lowest BCUT2D eigenvalue weighted by Crippen LogP contribution is -2.49. The van der Waals surface area contributed by atoms with E-state index in [-0.39, 0.29) is 11.8 Å². The van der Waals surface area contributed by atoms with E-state index in [0.29, 0.717) is 30.3 Å². The van der Waals surface area contributed by atoms with E-state index < -0.39 is 12.1 Å². The lowest BCUT2D eigenvalue weighted by atomic mass is 10.0. The van der Waals surface area contributed by atoms with Gasteiger partial charge in [-0.15, -0.1) is 10.2 Å². The number of aryl methyl sites for hydroxylation is 1. The molecule has 32 heavy (non-hydrogen) atoms. The highest BCUT2D eigenvalue weighted by atomic mass is 16.5. The number of benzene rings is 1. The Hall–Kier alpha value is -3.63. The third-order valence-corrected chi connectivity index (χ3v) is 5.12. The van der Waals surface area contributed by atoms with Crippen LogP contribution in [0.15, 0.2) is 18.2 Å². The first kappa shape index (κ1) is 23.0. The molecule has 2 amide bonds. The number of amides is 2. The zero-order valence-electron chi connectivity index (χ0n) is 18.7. The lowest BCUT2D eigenvalue weighted by Gasteiger charge is -2.20. The third kappa shape index (κ3) is 5.16. The van der Waals surface area contributed by atoms with Crippen molar-refractivity contribution in [3.63, 3.8) is 0 Å². The monoisotopic (exact) mass is 443 g/mol. The molecule has 2 aromatic heterocycles. The molecule has 11 nitrogen and oxygen atoms in total. The number of rotatable bonds is 10. The molecule has 0 spiro atoms. The standard InChI is InChI=1S/C21H29N7O4/c1-12(2)17(25-21(30)31)20(29)23-10-6-5-9-22-18-19-27-26-13(3)28(19)16-8-7-14(32-4)11-15(16)24-18/h7-8,11-12,17,25H,5-6,9-10H2,1-4H3,(H,22,24)(H,23,29)(H,30,31). The van der Waals surface area contributed by atoms with Crippen molar-refractivity contribution in [3.05, 3.63) is 24.0 Å². The van der Waals surface area contributed by atoms with Crippen LogP contribution in [0.4, 0.5) is 10.6 Å². The van der Waals surface area contributed by atoms with Gasteiger partial charge >= 0.3 is 6.09 Å². The summed E-state index contributed by atoms with van der Waals surface area (Å²) in [6.45, 7) is 6.56. The van der Waals surface area contributed by atoms with Crippen molar-refractivity contribution in [1.82, 2.24) is 30.2 Å². The number of carbonyl (C=O) groups excluding carboxylic acids is 1. The number of carboxylic acid groups (broad SMARTS) is 1.